The molecule has 0 bridgehead atoms. The van der Waals surface area contributed by atoms with E-state index < -0.39 is 14.9 Å². The fourth-order valence-corrected chi connectivity index (χ4v) is 3.20. The summed E-state index contributed by atoms with van der Waals surface area (Å²) in [5, 5.41) is 0.216. The van der Waals surface area contributed by atoms with Gasteiger partial charge in [0, 0.05) is 25.7 Å². The van der Waals surface area contributed by atoms with Crippen LogP contribution < -0.4 is 4.74 Å². The highest BCUT2D eigenvalue weighted by atomic mass is 79.9. The van der Waals surface area contributed by atoms with Gasteiger partial charge < -0.3 is 4.74 Å². The van der Waals surface area contributed by atoms with Crippen LogP contribution in [0, 0.1) is 5.82 Å². The summed E-state index contributed by atoms with van der Waals surface area (Å²) in [6.45, 7) is -0.0284. The molecule has 0 amide bonds. The van der Waals surface area contributed by atoms with Crippen LogP contribution in [0.1, 0.15) is 5.56 Å². The summed E-state index contributed by atoms with van der Waals surface area (Å²) in [5.41, 5.74) is 0.530. The Hall–Kier alpha value is -0.820. The van der Waals surface area contributed by atoms with Gasteiger partial charge in [0.2, 0.25) is 0 Å². The van der Waals surface area contributed by atoms with E-state index in [2.05, 4.69) is 15.9 Å². The molecule has 0 aliphatic carbocycles. The predicted octanol–water partition coefficient (Wildman–Crippen LogP) is 4.75. The molecule has 0 unspecified atom stereocenters. The van der Waals surface area contributed by atoms with Gasteiger partial charge in [0.1, 0.15) is 23.1 Å². The maximum atomic E-state index is 13.2. The highest BCUT2D eigenvalue weighted by Crippen LogP contribution is 2.31. The Balaban J connectivity index is 2.30. The molecule has 2 rings (SSSR count). The molecule has 112 valence electrons. The molecule has 0 fully saturated rings. The summed E-state index contributed by atoms with van der Waals surface area (Å²) >= 11 is 9.01. The maximum absolute atomic E-state index is 13.2. The summed E-state index contributed by atoms with van der Waals surface area (Å²) < 4.78 is 42.2. The van der Waals surface area contributed by atoms with Crippen LogP contribution in [0.4, 0.5) is 4.39 Å². The number of hydrogen-bond donors (Lipinski definition) is 0. The van der Waals surface area contributed by atoms with Gasteiger partial charge in [-0.05, 0) is 36.4 Å². The van der Waals surface area contributed by atoms with Crippen molar-refractivity contribution in [1.82, 2.24) is 0 Å². The normalized spacial score (nSPS) is 11.4. The van der Waals surface area contributed by atoms with Gasteiger partial charge in [0.25, 0.3) is 9.05 Å². The average molecular weight is 414 g/mol. The smallest absolute Gasteiger partial charge is 0.265 e. The molecule has 3 nitrogen and oxygen atoms in total. The van der Waals surface area contributed by atoms with Crippen molar-refractivity contribution < 1.29 is 17.5 Å². The molecule has 0 aliphatic rings. The number of ether oxygens (including phenoxy) is 1. The third-order valence-electron chi connectivity index (χ3n) is 2.56. The number of halogens is 4. The SMILES string of the molecule is O=S(=O)(Cl)c1cc(Cl)ccc1OCc1cc(F)ccc1Br. The zero-order valence-corrected chi connectivity index (χ0v) is 14.2. The van der Waals surface area contributed by atoms with E-state index in [-0.39, 0.29) is 22.3 Å². The predicted molar refractivity (Wildman–Crippen MR) is 82.9 cm³/mol. The highest BCUT2D eigenvalue weighted by molar-refractivity contribution is 9.10. The van der Waals surface area contributed by atoms with Gasteiger partial charge in [-0.3, -0.25) is 0 Å². The first kappa shape index (κ1) is 16.5. The Morgan fingerprint density at radius 1 is 1.19 bits per heavy atom. The monoisotopic (exact) mass is 412 g/mol. The van der Waals surface area contributed by atoms with Crippen molar-refractivity contribution in [3.8, 4) is 5.75 Å². The fourth-order valence-electron chi connectivity index (χ4n) is 1.60. The molecule has 0 aromatic heterocycles. The summed E-state index contributed by atoms with van der Waals surface area (Å²) in [6.07, 6.45) is 0. The summed E-state index contributed by atoms with van der Waals surface area (Å²) in [7, 11) is 1.34. The van der Waals surface area contributed by atoms with Crippen molar-refractivity contribution in [2.24, 2.45) is 0 Å². The molecule has 0 saturated carbocycles. The van der Waals surface area contributed by atoms with Crippen molar-refractivity contribution in [3.63, 3.8) is 0 Å². The van der Waals surface area contributed by atoms with Crippen molar-refractivity contribution in [1.29, 1.82) is 0 Å². The first-order valence-corrected chi connectivity index (χ1v) is 9.06. The lowest BCUT2D eigenvalue weighted by Gasteiger charge is -2.11. The zero-order valence-electron chi connectivity index (χ0n) is 10.3. The molecular formula is C13H8BrCl2FO3S. The maximum Gasteiger partial charge on any atom is 0.265 e. The molecule has 2 aromatic rings. The molecule has 0 heterocycles. The Morgan fingerprint density at radius 2 is 1.90 bits per heavy atom. The minimum atomic E-state index is -4.00. The largest absolute Gasteiger partial charge is 0.487 e. The van der Waals surface area contributed by atoms with E-state index in [9.17, 15) is 12.8 Å². The lowest BCUT2D eigenvalue weighted by atomic mass is 10.2. The first-order valence-electron chi connectivity index (χ1n) is 5.58. The third kappa shape index (κ3) is 4.32. The summed E-state index contributed by atoms with van der Waals surface area (Å²) in [5.74, 6) is -0.372. The molecule has 0 saturated heterocycles. The van der Waals surface area contributed by atoms with Gasteiger partial charge in [-0.25, -0.2) is 12.8 Å². The van der Waals surface area contributed by atoms with Crippen LogP contribution in [-0.2, 0) is 15.7 Å². The second-order valence-electron chi connectivity index (χ2n) is 4.05. The Morgan fingerprint density at radius 3 is 2.57 bits per heavy atom. The second-order valence-corrected chi connectivity index (χ2v) is 7.88. The fraction of sp³-hybridized carbons (Fsp3) is 0.0769. The first-order chi connectivity index (χ1) is 9.77. The molecule has 0 radical (unpaired) electrons. The van der Waals surface area contributed by atoms with Gasteiger partial charge in [-0.15, -0.1) is 0 Å². The van der Waals surface area contributed by atoms with E-state index in [0.717, 1.165) is 0 Å². The minimum absolute atomic E-state index is 0.0284. The van der Waals surface area contributed by atoms with E-state index in [1.54, 1.807) is 0 Å². The molecule has 21 heavy (non-hydrogen) atoms. The topological polar surface area (TPSA) is 43.4 Å². The van der Waals surface area contributed by atoms with Gasteiger partial charge in [-0.1, -0.05) is 27.5 Å². The van der Waals surface area contributed by atoms with Crippen molar-refractivity contribution in [3.05, 3.63) is 57.3 Å². The van der Waals surface area contributed by atoms with Crippen LogP contribution in [0.2, 0.25) is 5.02 Å². The van der Waals surface area contributed by atoms with E-state index in [1.807, 2.05) is 0 Å². The van der Waals surface area contributed by atoms with Gasteiger partial charge in [0.15, 0.2) is 0 Å². The van der Waals surface area contributed by atoms with Crippen molar-refractivity contribution in [2.45, 2.75) is 11.5 Å². The van der Waals surface area contributed by atoms with Gasteiger partial charge in [0.05, 0.1) is 0 Å². The van der Waals surface area contributed by atoms with Crippen LogP contribution in [0.15, 0.2) is 45.8 Å². The minimum Gasteiger partial charge on any atom is -0.487 e. The van der Waals surface area contributed by atoms with Crippen molar-refractivity contribution in [2.75, 3.05) is 0 Å². The van der Waals surface area contributed by atoms with Crippen molar-refractivity contribution >= 4 is 47.3 Å². The lowest BCUT2D eigenvalue weighted by molar-refractivity contribution is 0.297. The Kier molecular flexibility index (Phi) is 5.14. The lowest BCUT2D eigenvalue weighted by Crippen LogP contribution is -2.01. The third-order valence-corrected chi connectivity index (χ3v) is 4.91. The van der Waals surface area contributed by atoms with Gasteiger partial charge in [-0.2, -0.15) is 0 Å². The molecule has 0 atom stereocenters. The molecule has 0 aliphatic heterocycles. The molecule has 2 aromatic carbocycles. The molecule has 0 spiro atoms. The second kappa shape index (κ2) is 6.52. The number of rotatable bonds is 4. The standard InChI is InChI=1S/C13H8BrCl2FO3S/c14-11-3-2-10(17)5-8(11)7-20-12-4-1-9(15)6-13(12)21(16,18)19/h1-6H,7H2. The number of benzene rings is 2. The van der Waals surface area contributed by atoms with E-state index >= 15 is 0 Å². The van der Waals surface area contributed by atoms with E-state index in [0.29, 0.717) is 10.0 Å². The molecule has 0 N–H and O–H groups in total. The van der Waals surface area contributed by atoms with Gasteiger partial charge >= 0.3 is 0 Å². The van der Waals surface area contributed by atoms with Crippen LogP contribution in [0.5, 0.6) is 5.75 Å². The van der Waals surface area contributed by atoms with E-state index in [4.69, 9.17) is 27.0 Å². The quantitative estimate of drug-likeness (QED) is 0.679. The van der Waals surface area contributed by atoms with Crippen LogP contribution in [-0.4, -0.2) is 8.42 Å². The summed E-state index contributed by atoms with van der Waals surface area (Å²) in [6, 6.07) is 8.18. The summed E-state index contributed by atoms with van der Waals surface area (Å²) in [4.78, 5) is -0.232. The van der Waals surface area contributed by atoms with Crippen LogP contribution >= 0.6 is 38.2 Å². The molecule has 8 heteroatoms. The van der Waals surface area contributed by atoms with E-state index in [1.165, 1.54) is 36.4 Å². The Labute approximate surface area is 139 Å². The average Bonchev–Trinajstić information content (AvgIpc) is 2.40. The molecular weight excluding hydrogens is 406 g/mol. The van der Waals surface area contributed by atoms with Crippen LogP contribution in [0.3, 0.4) is 0 Å². The Bertz CT molecular complexity index is 781. The van der Waals surface area contributed by atoms with Crippen LogP contribution in [0.25, 0.3) is 0 Å². The zero-order chi connectivity index (χ0) is 15.6. The highest BCUT2D eigenvalue weighted by Gasteiger charge is 2.18. The number of hydrogen-bond acceptors (Lipinski definition) is 3.